The number of rotatable bonds is 4. The van der Waals surface area contributed by atoms with Crippen LogP contribution in [-0.2, 0) is 15.6 Å². The van der Waals surface area contributed by atoms with E-state index in [0.717, 1.165) is 5.56 Å². The van der Waals surface area contributed by atoms with Gasteiger partial charge in [0.15, 0.2) is 0 Å². The normalized spacial score (nSPS) is 15.8. The zero-order valence-electron chi connectivity index (χ0n) is 13.4. The highest BCUT2D eigenvalue weighted by molar-refractivity contribution is 5.69. The number of benzene rings is 1. The smallest absolute Gasteiger partial charge is 0.304 e. The lowest BCUT2D eigenvalue weighted by Crippen LogP contribution is -2.53. The Morgan fingerprint density at radius 1 is 1.00 bits per heavy atom. The predicted molar refractivity (Wildman–Crippen MR) is 83.0 cm³/mol. The van der Waals surface area contributed by atoms with Gasteiger partial charge in [0.1, 0.15) is 0 Å². The molecule has 0 bridgehead atoms. The Balaban J connectivity index is 3.26. The van der Waals surface area contributed by atoms with Crippen LogP contribution in [0.3, 0.4) is 0 Å². The van der Waals surface area contributed by atoms with Crippen LogP contribution in [0.25, 0.3) is 0 Å². The largest absolute Gasteiger partial charge is 0.481 e. The molecule has 0 spiro atoms. The second-order valence-electron chi connectivity index (χ2n) is 7.45. The number of carbonyl (C=O) groups is 1. The maximum Gasteiger partial charge on any atom is 0.304 e. The molecule has 0 aromatic heterocycles. The van der Waals surface area contributed by atoms with Gasteiger partial charge in [-0.3, -0.25) is 4.79 Å². The van der Waals surface area contributed by atoms with E-state index in [1.54, 1.807) is 0 Å². The minimum Gasteiger partial charge on any atom is -0.481 e. The second kappa shape index (κ2) is 5.21. The molecule has 3 nitrogen and oxygen atoms in total. The Morgan fingerprint density at radius 3 is 1.70 bits per heavy atom. The van der Waals surface area contributed by atoms with E-state index in [0.29, 0.717) is 0 Å². The average molecular weight is 277 g/mol. The Kier molecular flexibility index (Phi) is 4.35. The summed E-state index contributed by atoms with van der Waals surface area (Å²) in [6.07, 6.45) is 0.0192. The molecule has 0 aliphatic carbocycles. The zero-order valence-corrected chi connectivity index (χ0v) is 13.4. The first-order chi connectivity index (χ1) is 8.88. The van der Waals surface area contributed by atoms with Crippen LogP contribution < -0.4 is 5.73 Å². The fraction of sp³-hybridized carbons (Fsp3) is 0.588. The van der Waals surface area contributed by atoms with Crippen LogP contribution in [0.1, 0.15) is 59.1 Å². The SMILES string of the molecule is CC(C)(C)c1ccc(C(C)(CC(=O)O)C(C)(C)N)cc1. The zero-order chi connectivity index (χ0) is 15.8. The molecule has 0 saturated heterocycles. The van der Waals surface area contributed by atoms with Gasteiger partial charge in [-0.2, -0.15) is 0 Å². The van der Waals surface area contributed by atoms with Crippen molar-refractivity contribution in [3.8, 4) is 0 Å². The van der Waals surface area contributed by atoms with Crippen molar-refractivity contribution in [3.63, 3.8) is 0 Å². The first-order valence-electron chi connectivity index (χ1n) is 6.99. The molecule has 3 heteroatoms. The number of hydrogen-bond acceptors (Lipinski definition) is 2. The molecule has 1 aromatic carbocycles. The quantitative estimate of drug-likeness (QED) is 0.886. The summed E-state index contributed by atoms with van der Waals surface area (Å²) in [5, 5.41) is 9.20. The van der Waals surface area contributed by atoms with Gasteiger partial charge in [-0.15, -0.1) is 0 Å². The van der Waals surface area contributed by atoms with E-state index in [9.17, 15) is 9.90 Å². The van der Waals surface area contributed by atoms with Crippen molar-refractivity contribution < 1.29 is 9.90 Å². The first-order valence-corrected chi connectivity index (χ1v) is 6.99. The lowest BCUT2D eigenvalue weighted by Gasteiger charge is -2.41. The van der Waals surface area contributed by atoms with E-state index in [-0.39, 0.29) is 11.8 Å². The first kappa shape index (κ1) is 16.7. The van der Waals surface area contributed by atoms with Gasteiger partial charge in [0.2, 0.25) is 0 Å². The minimum atomic E-state index is -0.828. The molecule has 0 saturated carbocycles. The molecule has 0 amide bonds. The van der Waals surface area contributed by atoms with Gasteiger partial charge in [-0.25, -0.2) is 0 Å². The van der Waals surface area contributed by atoms with E-state index in [1.165, 1.54) is 5.56 Å². The molecule has 0 aliphatic heterocycles. The van der Waals surface area contributed by atoms with E-state index in [2.05, 4.69) is 32.9 Å². The fourth-order valence-corrected chi connectivity index (χ4v) is 2.34. The molecule has 1 rings (SSSR count). The minimum absolute atomic E-state index is 0.0192. The molecule has 0 fully saturated rings. The van der Waals surface area contributed by atoms with Crippen molar-refractivity contribution in [1.29, 1.82) is 0 Å². The lowest BCUT2D eigenvalue weighted by molar-refractivity contribution is -0.139. The van der Waals surface area contributed by atoms with E-state index in [1.807, 2.05) is 32.9 Å². The van der Waals surface area contributed by atoms with Crippen LogP contribution in [0.5, 0.6) is 0 Å². The third-order valence-electron chi connectivity index (χ3n) is 4.31. The summed E-state index contributed by atoms with van der Waals surface area (Å²) in [4.78, 5) is 11.2. The molecule has 20 heavy (non-hydrogen) atoms. The van der Waals surface area contributed by atoms with Crippen LogP contribution in [0.15, 0.2) is 24.3 Å². The summed E-state index contributed by atoms with van der Waals surface area (Å²) < 4.78 is 0. The van der Waals surface area contributed by atoms with Gasteiger partial charge >= 0.3 is 5.97 Å². The van der Waals surface area contributed by atoms with Crippen LogP contribution in [0, 0.1) is 0 Å². The molecule has 0 radical (unpaired) electrons. The number of nitrogens with two attached hydrogens (primary N) is 1. The van der Waals surface area contributed by atoms with E-state index >= 15 is 0 Å². The summed E-state index contributed by atoms with van der Waals surface area (Å²) in [5.74, 6) is -0.828. The van der Waals surface area contributed by atoms with Gasteiger partial charge < -0.3 is 10.8 Å². The molecule has 1 atom stereocenters. The highest BCUT2D eigenvalue weighted by atomic mass is 16.4. The number of carboxylic acid groups (broad SMARTS) is 1. The van der Waals surface area contributed by atoms with Crippen molar-refractivity contribution in [3.05, 3.63) is 35.4 Å². The van der Waals surface area contributed by atoms with Gasteiger partial charge in [-0.05, 0) is 30.4 Å². The summed E-state index contributed by atoms with van der Waals surface area (Å²) >= 11 is 0. The highest BCUT2D eigenvalue weighted by Crippen LogP contribution is 2.37. The third-order valence-corrected chi connectivity index (χ3v) is 4.31. The van der Waals surface area contributed by atoms with Crippen molar-refractivity contribution in [2.24, 2.45) is 5.73 Å². The van der Waals surface area contributed by atoms with Crippen molar-refractivity contribution >= 4 is 5.97 Å². The monoisotopic (exact) mass is 277 g/mol. The maximum atomic E-state index is 11.2. The highest BCUT2D eigenvalue weighted by Gasteiger charge is 2.41. The van der Waals surface area contributed by atoms with Crippen molar-refractivity contribution in [2.45, 2.75) is 64.3 Å². The summed E-state index contributed by atoms with van der Waals surface area (Å²) in [7, 11) is 0. The predicted octanol–water partition coefficient (Wildman–Crippen LogP) is 3.45. The summed E-state index contributed by atoms with van der Waals surface area (Å²) in [6.45, 7) is 12.2. The Morgan fingerprint density at radius 2 is 1.40 bits per heavy atom. The summed E-state index contributed by atoms with van der Waals surface area (Å²) in [5.41, 5.74) is 7.32. The maximum absolute atomic E-state index is 11.2. The number of carboxylic acids is 1. The summed E-state index contributed by atoms with van der Waals surface area (Å²) in [6, 6.07) is 8.17. The third kappa shape index (κ3) is 3.40. The van der Waals surface area contributed by atoms with Gasteiger partial charge in [-0.1, -0.05) is 52.0 Å². The molecular formula is C17H27NO2. The molecule has 1 aromatic rings. The van der Waals surface area contributed by atoms with Crippen LogP contribution in [-0.4, -0.2) is 16.6 Å². The van der Waals surface area contributed by atoms with Crippen LogP contribution in [0.4, 0.5) is 0 Å². The molecule has 112 valence electrons. The average Bonchev–Trinajstić information content (AvgIpc) is 2.25. The van der Waals surface area contributed by atoms with E-state index < -0.39 is 16.9 Å². The molecule has 3 N–H and O–H groups in total. The topological polar surface area (TPSA) is 63.3 Å². The van der Waals surface area contributed by atoms with Gasteiger partial charge in [0.05, 0.1) is 6.42 Å². The van der Waals surface area contributed by atoms with Crippen molar-refractivity contribution in [2.75, 3.05) is 0 Å². The number of aliphatic carboxylic acids is 1. The van der Waals surface area contributed by atoms with Gasteiger partial charge in [0.25, 0.3) is 0 Å². The number of hydrogen-bond donors (Lipinski definition) is 2. The lowest BCUT2D eigenvalue weighted by atomic mass is 9.66. The van der Waals surface area contributed by atoms with E-state index in [4.69, 9.17) is 5.73 Å². The Hall–Kier alpha value is -1.35. The Labute approximate surface area is 122 Å². The molecule has 0 aliphatic rings. The van der Waals surface area contributed by atoms with Crippen LogP contribution in [0.2, 0.25) is 0 Å². The molecule has 0 heterocycles. The van der Waals surface area contributed by atoms with Gasteiger partial charge in [0, 0.05) is 11.0 Å². The second-order valence-corrected chi connectivity index (χ2v) is 7.45. The standard InChI is InChI=1S/C17H27NO2/c1-15(2,3)12-7-9-13(10-8-12)17(6,11-14(19)20)16(4,5)18/h7-10H,11,18H2,1-6H3,(H,19,20). The fourth-order valence-electron chi connectivity index (χ4n) is 2.34. The molecular weight excluding hydrogens is 250 g/mol. The van der Waals surface area contributed by atoms with Crippen LogP contribution >= 0.6 is 0 Å². The Bertz CT molecular complexity index is 477. The molecule has 1 unspecified atom stereocenters. The van der Waals surface area contributed by atoms with Crippen molar-refractivity contribution in [1.82, 2.24) is 0 Å².